The van der Waals surface area contributed by atoms with E-state index in [2.05, 4.69) is 15.9 Å². The molecule has 0 radical (unpaired) electrons. The number of morpholine rings is 1. The molecule has 3 aromatic heterocycles. The van der Waals surface area contributed by atoms with E-state index in [1.54, 1.807) is 23.5 Å². The van der Waals surface area contributed by atoms with E-state index in [-0.39, 0.29) is 24.0 Å². The molecule has 0 aliphatic carbocycles. The van der Waals surface area contributed by atoms with Crippen LogP contribution in [0.4, 0.5) is 5.82 Å². The van der Waals surface area contributed by atoms with E-state index in [0.29, 0.717) is 45.4 Å². The molecule has 2 aliphatic heterocycles. The Morgan fingerprint density at radius 3 is 2.33 bits per heavy atom. The summed E-state index contributed by atoms with van der Waals surface area (Å²) >= 11 is 1.72. The van der Waals surface area contributed by atoms with Crippen molar-refractivity contribution < 1.29 is 35.2 Å². The number of hydrogen-bond acceptors (Lipinski definition) is 15. The standard InChI is InChI=1S/C36H45N7O8S3/c1-27-5-7-29(8-6-27)54(46,47)51-22-21-50-20-19-49-18-15-43-25-31-30(3-2-4-32(31)39-43)35-37-33-23-28(24-40-9-11-41(12-10-40)26-53(44)45)52-34(33)36(38-35)42-13-16-48-17-14-42/h2-8,23,25,53H,9-22,24,26H2,1H3. The van der Waals surface area contributed by atoms with E-state index in [0.717, 1.165) is 83.9 Å². The van der Waals surface area contributed by atoms with Crippen molar-refractivity contribution >= 4 is 59.1 Å². The highest BCUT2D eigenvalue weighted by atomic mass is 32.2. The molecule has 5 aromatic rings. The molecular weight excluding hydrogens is 755 g/mol. The molecule has 290 valence electrons. The van der Waals surface area contributed by atoms with Gasteiger partial charge in [-0.2, -0.15) is 13.5 Å². The number of aromatic nitrogens is 4. The van der Waals surface area contributed by atoms with Gasteiger partial charge in [0.15, 0.2) is 22.3 Å². The van der Waals surface area contributed by atoms with E-state index in [9.17, 15) is 16.8 Å². The van der Waals surface area contributed by atoms with Crippen LogP contribution in [0.15, 0.2) is 59.6 Å². The first-order chi connectivity index (χ1) is 26.2. The predicted octanol–water partition coefficient (Wildman–Crippen LogP) is 2.98. The first-order valence-corrected chi connectivity index (χ1v) is 21.6. The van der Waals surface area contributed by atoms with Crippen molar-refractivity contribution in [3.8, 4) is 11.4 Å². The van der Waals surface area contributed by atoms with Crippen LogP contribution in [0.25, 0.3) is 32.5 Å². The zero-order valence-electron chi connectivity index (χ0n) is 30.2. The van der Waals surface area contributed by atoms with Crippen LogP contribution < -0.4 is 4.90 Å². The van der Waals surface area contributed by atoms with Gasteiger partial charge >= 0.3 is 0 Å². The maximum absolute atomic E-state index is 12.3. The Hall–Kier alpha value is -3.59. The summed E-state index contributed by atoms with van der Waals surface area (Å²) in [6, 6.07) is 14.7. The first-order valence-electron chi connectivity index (χ1n) is 18.0. The molecule has 15 nitrogen and oxygen atoms in total. The van der Waals surface area contributed by atoms with Gasteiger partial charge in [0.1, 0.15) is 0 Å². The summed E-state index contributed by atoms with van der Waals surface area (Å²) in [7, 11) is -6.23. The predicted molar refractivity (Wildman–Crippen MR) is 207 cm³/mol. The Balaban J connectivity index is 0.965. The van der Waals surface area contributed by atoms with Crippen molar-refractivity contribution in [1.82, 2.24) is 29.5 Å². The number of benzene rings is 2. The van der Waals surface area contributed by atoms with E-state index in [4.69, 9.17) is 33.5 Å². The quantitative estimate of drug-likeness (QED) is 0.0832. The van der Waals surface area contributed by atoms with Gasteiger partial charge in [-0.1, -0.05) is 29.8 Å². The lowest BCUT2D eigenvalue weighted by Gasteiger charge is -2.33. The number of ether oxygens (including phenoxy) is 3. The molecule has 18 heteroatoms. The molecule has 0 spiro atoms. The van der Waals surface area contributed by atoms with Crippen molar-refractivity contribution in [2.24, 2.45) is 0 Å². The molecule has 0 amide bonds. The molecule has 5 heterocycles. The van der Waals surface area contributed by atoms with Crippen molar-refractivity contribution in [3.63, 3.8) is 0 Å². The SMILES string of the molecule is Cc1ccc(S(=O)(=O)OCCOCCOCCn2cc3c(-c4nc(N5CCOCC5)c5sc(CN6CCN(C[SH](=O)=O)CC6)cc5n4)cccc3n2)cc1. The molecule has 2 aromatic carbocycles. The number of fused-ring (bicyclic) bond motifs is 2. The summed E-state index contributed by atoms with van der Waals surface area (Å²) in [6.45, 7) is 10.2. The van der Waals surface area contributed by atoms with Gasteiger partial charge in [0.05, 0.1) is 79.3 Å². The molecule has 2 fully saturated rings. The van der Waals surface area contributed by atoms with Gasteiger partial charge in [0.2, 0.25) is 0 Å². The van der Waals surface area contributed by atoms with Crippen molar-refractivity contribution in [3.05, 3.63) is 65.2 Å². The third-order valence-corrected chi connectivity index (χ3v) is 12.4. The zero-order chi connectivity index (χ0) is 37.5. The van der Waals surface area contributed by atoms with Gasteiger partial charge in [-0.05, 0) is 31.2 Å². The van der Waals surface area contributed by atoms with E-state index in [1.807, 2.05) is 40.9 Å². The fraction of sp³-hybridized carbons (Fsp3) is 0.472. The number of anilines is 1. The minimum Gasteiger partial charge on any atom is -0.378 e. The smallest absolute Gasteiger partial charge is 0.297 e. The molecule has 0 saturated carbocycles. The second-order valence-electron chi connectivity index (χ2n) is 13.2. The van der Waals surface area contributed by atoms with Crippen LogP contribution in [0, 0.1) is 6.92 Å². The molecule has 2 aliphatic rings. The molecule has 54 heavy (non-hydrogen) atoms. The second kappa shape index (κ2) is 17.9. The first kappa shape index (κ1) is 38.7. The Morgan fingerprint density at radius 2 is 1.57 bits per heavy atom. The number of rotatable bonds is 17. The number of nitrogens with zero attached hydrogens (tertiary/aromatic N) is 7. The third kappa shape index (κ3) is 9.79. The van der Waals surface area contributed by atoms with Gasteiger partial charge in [0, 0.05) is 67.8 Å². The average molecular weight is 800 g/mol. The van der Waals surface area contributed by atoms with E-state index < -0.39 is 20.8 Å². The Labute approximate surface area is 320 Å². The summed E-state index contributed by atoms with van der Waals surface area (Å²) in [5.74, 6) is 1.68. The maximum atomic E-state index is 12.3. The highest BCUT2D eigenvalue weighted by molar-refractivity contribution is 7.86. The topological polar surface area (TPSA) is 159 Å². The monoisotopic (exact) mass is 799 g/mol. The van der Waals surface area contributed by atoms with Crippen LogP contribution in [0.3, 0.4) is 0 Å². The lowest BCUT2D eigenvalue weighted by Crippen LogP contribution is -2.46. The summed E-state index contributed by atoms with van der Waals surface area (Å²) in [5.41, 5.74) is 3.61. The normalized spacial score (nSPS) is 16.3. The summed E-state index contributed by atoms with van der Waals surface area (Å²) in [5, 5.41) is 5.73. The molecule has 0 atom stereocenters. The Bertz CT molecular complexity index is 2200. The molecule has 2 saturated heterocycles. The van der Waals surface area contributed by atoms with Crippen LogP contribution in [-0.4, -0.2) is 138 Å². The number of thiol groups is 1. The molecular formula is C36H45N7O8S3. The number of aryl methyl sites for hydroxylation is 1. The van der Waals surface area contributed by atoms with Gasteiger partial charge in [-0.3, -0.25) is 18.7 Å². The van der Waals surface area contributed by atoms with Gasteiger partial charge < -0.3 is 19.1 Å². The second-order valence-corrected chi connectivity index (χ2v) is 16.9. The summed E-state index contributed by atoms with van der Waals surface area (Å²) in [4.78, 5) is 18.2. The maximum Gasteiger partial charge on any atom is 0.297 e. The highest BCUT2D eigenvalue weighted by Crippen LogP contribution is 2.36. The minimum absolute atomic E-state index is 0.0782. The zero-order valence-corrected chi connectivity index (χ0v) is 32.7. The molecule has 0 N–H and O–H groups in total. The molecule has 0 unspecified atom stereocenters. The lowest BCUT2D eigenvalue weighted by molar-refractivity contribution is 0.0341. The van der Waals surface area contributed by atoms with E-state index in [1.165, 1.54) is 17.0 Å². The van der Waals surface area contributed by atoms with Crippen LogP contribution >= 0.6 is 11.3 Å². The van der Waals surface area contributed by atoms with Crippen LogP contribution in [0.2, 0.25) is 0 Å². The van der Waals surface area contributed by atoms with Crippen LogP contribution in [0.5, 0.6) is 0 Å². The number of thiophene rings is 1. The molecule has 0 bridgehead atoms. The Morgan fingerprint density at radius 1 is 0.852 bits per heavy atom. The average Bonchev–Trinajstić information content (AvgIpc) is 3.78. The molecule has 7 rings (SSSR count). The van der Waals surface area contributed by atoms with Gasteiger partial charge in [-0.25, -0.2) is 18.4 Å². The Kier molecular flexibility index (Phi) is 12.8. The largest absolute Gasteiger partial charge is 0.378 e. The van der Waals surface area contributed by atoms with E-state index >= 15 is 0 Å². The fourth-order valence-electron chi connectivity index (χ4n) is 6.48. The fourth-order valence-corrected chi connectivity index (χ4v) is 9.14. The van der Waals surface area contributed by atoms with Crippen molar-refractivity contribution in [1.29, 1.82) is 0 Å². The minimum atomic E-state index is -3.82. The third-order valence-electron chi connectivity index (χ3n) is 9.33. The van der Waals surface area contributed by atoms with Crippen LogP contribution in [-0.2, 0) is 52.3 Å². The summed E-state index contributed by atoms with van der Waals surface area (Å²) < 4.78 is 71.9. The van der Waals surface area contributed by atoms with Gasteiger partial charge in [-0.15, -0.1) is 11.3 Å². The van der Waals surface area contributed by atoms with Crippen LogP contribution in [0.1, 0.15) is 10.4 Å². The lowest BCUT2D eigenvalue weighted by atomic mass is 10.1. The number of hydrogen-bond donors (Lipinski definition) is 1. The summed E-state index contributed by atoms with van der Waals surface area (Å²) in [6.07, 6.45) is 2.00. The van der Waals surface area contributed by atoms with Crippen molar-refractivity contribution in [2.45, 2.75) is 24.9 Å². The van der Waals surface area contributed by atoms with Crippen molar-refractivity contribution in [2.75, 3.05) is 96.3 Å². The van der Waals surface area contributed by atoms with Gasteiger partial charge in [0.25, 0.3) is 10.1 Å². The number of piperazine rings is 1. The highest BCUT2D eigenvalue weighted by Gasteiger charge is 2.23.